The third-order valence-electron chi connectivity index (χ3n) is 8.42. The fourth-order valence-electron chi connectivity index (χ4n) is 5.41. The third kappa shape index (κ3) is 10.0. The molecule has 6 rings (SSSR count). The minimum atomic E-state index is -4.02. The van der Waals surface area contributed by atoms with Crippen LogP contribution in [0.15, 0.2) is 138 Å². The highest BCUT2D eigenvalue weighted by atomic mass is 35.5. The largest absolute Gasteiger partial charge is 0.326 e. The number of benzene rings is 4. The zero-order valence-corrected chi connectivity index (χ0v) is 33.1. The Morgan fingerprint density at radius 2 is 0.932 bits per heavy atom. The molecule has 2 aliphatic heterocycles. The van der Waals surface area contributed by atoms with Gasteiger partial charge in [-0.1, -0.05) is 23.2 Å². The number of amides is 6. The van der Waals surface area contributed by atoms with Gasteiger partial charge in [0.05, 0.1) is 32.6 Å². The lowest BCUT2D eigenvalue weighted by atomic mass is 10.2. The van der Waals surface area contributed by atoms with Crippen LogP contribution >= 0.6 is 23.2 Å². The van der Waals surface area contributed by atoms with Crippen molar-refractivity contribution in [3.05, 3.63) is 107 Å². The fourth-order valence-corrected chi connectivity index (χ4v) is 6.92. The van der Waals surface area contributed by atoms with Gasteiger partial charge in [0.2, 0.25) is 21.7 Å². The molecule has 59 heavy (non-hydrogen) atoms. The molecule has 0 radical (unpaired) electrons. The molecule has 2 atom stereocenters. The molecule has 21 heteroatoms. The van der Waals surface area contributed by atoms with Gasteiger partial charge in [0.1, 0.15) is 12.8 Å². The Bertz CT molecular complexity index is 2410. The van der Waals surface area contributed by atoms with E-state index in [1.54, 1.807) is 48.5 Å². The van der Waals surface area contributed by atoms with Gasteiger partial charge >= 0.3 is 0 Å². The van der Waals surface area contributed by atoms with Gasteiger partial charge in [-0.05, 0) is 111 Å². The number of halogens is 2. The molecule has 0 bridgehead atoms. The summed E-state index contributed by atoms with van der Waals surface area (Å²) in [5.74, 6) is -4.68. The van der Waals surface area contributed by atoms with Gasteiger partial charge in [-0.2, -0.15) is 40.7 Å². The van der Waals surface area contributed by atoms with Gasteiger partial charge < -0.3 is 10.6 Å². The standard InChI is InChI=1S/C38H30Cl2N10O8S/c1-21-35(37(55)49(47-21)33(53)19-31(51)41-25-7-3-23(39)4-8-25)45-43-27-11-15-29(16-12-27)59(57,58)30-17-13-28(14-18-30)44-46-36-22(2)48-50(38(36)56)34(54)20-32(52)42-26-9-5-24(40)6-10-26/h3-18,35-36H,19-20H2,1-2H3,(H,41,51)(H,42,52). The Balaban J connectivity index is 1.01. The summed E-state index contributed by atoms with van der Waals surface area (Å²) in [6.07, 6.45) is -1.32. The second-order valence-electron chi connectivity index (χ2n) is 12.8. The molecule has 2 unspecified atom stereocenters. The third-order valence-corrected chi connectivity index (χ3v) is 10.7. The lowest BCUT2D eigenvalue weighted by Crippen LogP contribution is -2.36. The first-order chi connectivity index (χ1) is 28.1. The quantitative estimate of drug-likeness (QED) is 0.121. The van der Waals surface area contributed by atoms with Crippen LogP contribution in [0.1, 0.15) is 26.7 Å². The Labute approximate surface area is 345 Å². The number of hydrogen-bond donors (Lipinski definition) is 2. The van der Waals surface area contributed by atoms with Crippen molar-refractivity contribution in [1.82, 2.24) is 10.0 Å². The average molecular weight is 858 g/mol. The topological polar surface area (TPSA) is 241 Å². The van der Waals surface area contributed by atoms with Crippen LogP contribution in [-0.2, 0) is 38.6 Å². The van der Waals surface area contributed by atoms with Crippen molar-refractivity contribution in [2.24, 2.45) is 30.7 Å². The summed E-state index contributed by atoms with van der Waals surface area (Å²) >= 11 is 11.7. The second-order valence-corrected chi connectivity index (χ2v) is 15.6. The Morgan fingerprint density at radius 1 is 0.593 bits per heavy atom. The number of rotatable bonds is 12. The van der Waals surface area contributed by atoms with Crippen LogP contribution in [0.3, 0.4) is 0 Å². The second kappa shape index (κ2) is 17.8. The first-order valence-electron chi connectivity index (χ1n) is 17.3. The summed E-state index contributed by atoms with van der Waals surface area (Å²) in [6, 6.07) is 20.7. The highest BCUT2D eigenvalue weighted by Crippen LogP contribution is 2.27. The minimum absolute atomic E-state index is 0.0795. The lowest BCUT2D eigenvalue weighted by molar-refractivity contribution is -0.146. The van der Waals surface area contributed by atoms with E-state index in [4.69, 9.17) is 23.2 Å². The van der Waals surface area contributed by atoms with Crippen LogP contribution < -0.4 is 10.6 Å². The van der Waals surface area contributed by atoms with Crippen LogP contribution in [0.5, 0.6) is 0 Å². The summed E-state index contributed by atoms with van der Waals surface area (Å²) in [7, 11) is -4.02. The van der Waals surface area contributed by atoms with E-state index in [2.05, 4.69) is 41.3 Å². The monoisotopic (exact) mass is 856 g/mol. The first-order valence-corrected chi connectivity index (χ1v) is 19.5. The van der Waals surface area contributed by atoms with E-state index in [0.717, 1.165) is 0 Å². The number of nitrogens with one attached hydrogen (secondary N) is 2. The van der Waals surface area contributed by atoms with Crippen LogP contribution in [0.2, 0.25) is 10.0 Å². The molecule has 0 aromatic heterocycles. The normalized spacial score (nSPS) is 16.7. The van der Waals surface area contributed by atoms with E-state index in [9.17, 15) is 37.2 Å². The van der Waals surface area contributed by atoms with E-state index < -0.39 is 70.2 Å². The van der Waals surface area contributed by atoms with Gasteiger partial charge in [-0.25, -0.2) is 8.42 Å². The van der Waals surface area contributed by atoms with Gasteiger partial charge in [0.25, 0.3) is 23.6 Å². The van der Waals surface area contributed by atoms with Crippen LogP contribution in [0.25, 0.3) is 0 Å². The molecule has 2 aliphatic rings. The van der Waals surface area contributed by atoms with E-state index in [1.807, 2.05) is 0 Å². The SMILES string of the molecule is CC1=NN(C(=O)CC(=O)Nc2ccc(Cl)cc2)C(=O)C1N=Nc1ccc(S(=O)(=O)c2ccc(N=NC3C(=O)N(C(=O)CC(=O)Nc4ccc(Cl)cc4)N=C3C)cc2)cc1. The molecule has 300 valence electrons. The molecule has 4 aromatic rings. The van der Waals surface area contributed by atoms with Gasteiger partial charge in [0, 0.05) is 21.4 Å². The van der Waals surface area contributed by atoms with Crippen LogP contribution in [-0.4, -0.2) is 77.4 Å². The number of carbonyl (C=O) groups excluding carboxylic acids is 6. The van der Waals surface area contributed by atoms with Crippen molar-refractivity contribution in [3.63, 3.8) is 0 Å². The van der Waals surface area contributed by atoms with Crippen molar-refractivity contribution in [3.8, 4) is 0 Å². The minimum Gasteiger partial charge on any atom is -0.326 e. The van der Waals surface area contributed by atoms with Crippen molar-refractivity contribution in [2.45, 2.75) is 48.6 Å². The van der Waals surface area contributed by atoms with Gasteiger partial charge in [-0.3, -0.25) is 28.8 Å². The van der Waals surface area contributed by atoms with Crippen LogP contribution in [0, 0.1) is 0 Å². The number of hydrogen-bond acceptors (Lipinski definition) is 14. The Hall–Kier alpha value is -6.83. The smallest absolute Gasteiger partial charge is 0.282 e. The highest BCUT2D eigenvalue weighted by molar-refractivity contribution is 7.91. The summed E-state index contributed by atoms with van der Waals surface area (Å²) in [6.45, 7) is 2.94. The first kappa shape index (κ1) is 41.8. The van der Waals surface area contributed by atoms with Gasteiger partial charge in [-0.15, -0.1) is 0 Å². The Kier molecular flexibility index (Phi) is 12.6. The van der Waals surface area contributed by atoms with E-state index in [0.29, 0.717) is 31.4 Å². The number of hydrazone groups is 2. The molecule has 18 nitrogen and oxygen atoms in total. The zero-order chi connectivity index (χ0) is 42.4. The number of nitrogens with zero attached hydrogens (tertiary/aromatic N) is 8. The number of sulfone groups is 1. The summed E-state index contributed by atoms with van der Waals surface area (Å²) < 4.78 is 26.8. The summed E-state index contributed by atoms with van der Waals surface area (Å²) in [5.41, 5.74) is 1.55. The molecule has 2 N–H and O–H groups in total. The van der Waals surface area contributed by atoms with Crippen LogP contribution in [0.4, 0.5) is 22.7 Å². The lowest BCUT2D eigenvalue weighted by Gasteiger charge is -2.11. The zero-order valence-electron chi connectivity index (χ0n) is 30.8. The average Bonchev–Trinajstić information content (AvgIpc) is 3.66. The van der Waals surface area contributed by atoms with Crippen molar-refractivity contribution >= 4 is 103 Å². The maximum absolute atomic E-state index is 13.4. The molecule has 0 fully saturated rings. The highest BCUT2D eigenvalue weighted by Gasteiger charge is 2.39. The Morgan fingerprint density at radius 3 is 1.27 bits per heavy atom. The molecule has 0 spiro atoms. The van der Waals surface area contributed by atoms with Crippen molar-refractivity contribution < 1.29 is 37.2 Å². The molecular formula is C38H30Cl2N10O8S. The predicted molar refractivity (Wildman–Crippen MR) is 214 cm³/mol. The van der Waals surface area contributed by atoms with E-state index in [-0.39, 0.29) is 32.6 Å². The maximum atomic E-state index is 13.4. The van der Waals surface area contributed by atoms with Crippen molar-refractivity contribution in [2.75, 3.05) is 10.6 Å². The number of imide groups is 2. The molecular weight excluding hydrogens is 827 g/mol. The molecule has 4 aromatic carbocycles. The van der Waals surface area contributed by atoms with Crippen molar-refractivity contribution in [1.29, 1.82) is 0 Å². The fraction of sp³-hybridized carbons (Fsp3) is 0.158. The maximum Gasteiger partial charge on any atom is 0.282 e. The summed E-state index contributed by atoms with van der Waals surface area (Å²) in [5, 5.41) is 31.1. The predicted octanol–water partition coefficient (Wildman–Crippen LogP) is 6.28. The summed E-state index contributed by atoms with van der Waals surface area (Å²) in [4.78, 5) is 75.8. The molecule has 6 amide bonds. The number of carbonyl (C=O) groups is 6. The van der Waals surface area contributed by atoms with E-state index in [1.165, 1.54) is 62.4 Å². The number of azo groups is 2. The molecule has 0 aliphatic carbocycles. The molecule has 0 saturated carbocycles. The number of anilines is 2. The molecule has 2 heterocycles. The molecule has 0 saturated heterocycles. The van der Waals surface area contributed by atoms with Gasteiger partial charge in [0.15, 0.2) is 12.1 Å². The van der Waals surface area contributed by atoms with E-state index >= 15 is 0 Å².